The summed E-state index contributed by atoms with van der Waals surface area (Å²) in [4.78, 5) is 10.1. The van der Waals surface area contributed by atoms with Crippen LogP contribution < -0.4 is 0 Å². The maximum atomic E-state index is 13.1. The quantitative estimate of drug-likeness (QED) is 0.796. The summed E-state index contributed by atoms with van der Waals surface area (Å²) in [5.74, 6) is 0.606. The molecule has 1 aromatic carbocycles. The van der Waals surface area contributed by atoms with Gasteiger partial charge in [-0.15, -0.1) is 0 Å². The number of sulfone groups is 1. The Morgan fingerprint density at radius 3 is 2.61 bits per heavy atom. The second-order valence-corrected chi connectivity index (χ2v) is 8.38. The maximum absolute atomic E-state index is 13.1. The van der Waals surface area contributed by atoms with Crippen LogP contribution in [0, 0.1) is 0 Å². The summed E-state index contributed by atoms with van der Waals surface area (Å²) >= 11 is 10.3. The van der Waals surface area contributed by atoms with Gasteiger partial charge in [0.25, 0.3) is 0 Å². The van der Waals surface area contributed by atoms with Crippen molar-refractivity contribution < 1.29 is 8.42 Å². The topological polar surface area (TPSA) is 75.2 Å². The summed E-state index contributed by atoms with van der Waals surface area (Å²) in [6, 6.07) is 6.08. The van der Waals surface area contributed by atoms with Crippen LogP contribution in [0.25, 0.3) is 0 Å². The molecule has 2 aromatic rings. The van der Waals surface area contributed by atoms with Gasteiger partial charge in [-0.1, -0.05) is 11.6 Å². The number of aromatic amines is 1. The predicted octanol–water partition coefficient (Wildman–Crippen LogP) is 3.23. The van der Waals surface area contributed by atoms with Crippen LogP contribution >= 0.6 is 24.2 Å². The molecule has 2 atom stereocenters. The number of halogens is 1. The van der Waals surface area contributed by atoms with E-state index >= 15 is 0 Å². The van der Waals surface area contributed by atoms with Crippen molar-refractivity contribution in [3.63, 3.8) is 0 Å². The van der Waals surface area contributed by atoms with Crippen molar-refractivity contribution in [2.45, 2.75) is 21.4 Å². The van der Waals surface area contributed by atoms with Crippen LogP contribution in [0.4, 0.5) is 0 Å². The SMILES string of the molecule is O=S(=O)(c1ccc(Cl)cc1)C1(CC(S)c2ncc[nH]2)C=CC=N1. The number of nitrogens with one attached hydrogen (secondary N) is 1. The first kappa shape index (κ1) is 16.3. The smallest absolute Gasteiger partial charge is 0.207 e. The zero-order valence-electron chi connectivity index (χ0n) is 11.9. The van der Waals surface area contributed by atoms with Gasteiger partial charge in [0, 0.05) is 30.1 Å². The highest BCUT2D eigenvalue weighted by molar-refractivity contribution is 7.93. The molecule has 2 heterocycles. The third-order valence-corrected chi connectivity index (χ3v) is 6.56. The van der Waals surface area contributed by atoms with Crippen LogP contribution in [0.2, 0.25) is 5.02 Å². The Morgan fingerprint density at radius 1 is 1.30 bits per heavy atom. The number of hydrogen-bond acceptors (Lipinski definition) is 5. The van der Waals surface area contributed by atoms with Gasteiger partial charge in [0.05, 0.1) is 10.1 Å². The minimum atomic E-state index is -3.74. The molecule has 0 saturated heterocycles. The number of imidazole rings is 1. The highest BCUT2D eigenvalue weighted by Gasteiger charge is 2.45. The highest BCUT2D eigenvalue weighted by atomic mass is 35.5. The van der Waals surface area contributed by atoms with Gasteiger partial charge in [0.1, 0.15) is 5.82 Å². The molecule has 120 valence electrons. The van der Waals surface area contributed by atoms with Crippen LogP contribution in [0.5, 0.6) is 0 Å². The van der Waals surface area contributed by atoms with Crippen LogP contribution in [-0.2, 0) is 9.84 Å². The lowest BCUT2D eigenvalue weighted by atomic mass is 10.1. The van der Waals surface area contributed by atoms with E-state index in [1.54, 1.807) is 36.7 Å². The highest BCUT2D eigenvalue weighted by Crippen LogP contribution is 2.40. The summed E-state index contributed by atoms with van der Waals surface area (Å²) in [6.45, 7) is 0. The Bertz CT molecular complexity index is 831. The van der Waals surface area contributed by atoms with E-state index in [0.717, 1.165) is 0 Å². The third-order valence-electron chi connectivity index (χ3n) is 3.65. The average molecular weight is 368 g/mol. The number of allylic oxidation sites excluding steroid dienone is 1. The third kappa shape index (κ3) is 2.96. The van der Waals surface area contributed by atoms with E-state index in [2.05, 4.69) is 27.6 Å². The molecule has 1 N–H and O–H groups in total. The van der Waals surface area contributed by atoms with Gasteiger partial charge in [-0.2, -0.15) is 12.6 Å². The Balaban J connectivity index is 1.99. The predicted molar refractivity (Wildman–Crippen MR) is 93.9 cm³/mol. The molecular weight excluding hydrogens is 354 g/mol. The first-order valence-electron chi connectivity index (χ1n) is 6.85. The van der Waals surface area contributed by atoms with Crippen molar-refractivity contribution in [1.82, 2.24) is 9.97 Å². The number of rotatable bonds is 5. The molecule has 0 bridgehead atoms. The summed E-state index contributed by atoms with van der Waals surface area (Å²) in [7, 11) is -3.74. The number of hydrogen-bond donors (Lipinski definition) is 2. The van der Waals surface area contributed by atoms with Gasteiger partial charge in [-0.3, -0.25) is 4.99 Å². The summed E-state index contributed by atoms with van der Waals surface area (Å²) in [6.07, 6.45) is 8.16. The fraction of sp³-hybridized carbons (Fsp3) is 0.200. The second kappa shape index (κ2) is 6.14. The fourth-order valence-electron chi connectivity index (χ4n) is 2.45. The van der Waals surface area contributed by atoms with Gasteiger partial charge in [-0.25, -0.2) is 13.4 Å². The molecule has 1 aliphatic rings. The lowest BCUT2D eigenvalue weighted by Gasteiger charge is -2.26. The van der Waals surface area contributed by atoms with E-state index in [9.17, 15) is 8.42 Å². The average Bonchev–Trinajstić information content (AvgIpc) is 3.20. The lowest BCUT2D eigenvalue weighted by molar-refractivity contribution is 0.539. The van der Waals surface area contributed by atoms with Gasteiger partial charge in [0.2, 0.25) is 9.84 Å². The molecule has 0 amide bonds. The van der Waals surface area contributed by atoms with Crippen LogP contribution in [0.1, 0.15) is 17.5 Å². The first-order valence-corrected chi connectivity index (χ1v) is 9.23. The number of benzene rings is 1. The largest absolute Gasteiger partial charge is 0.348 e. The van der Waals surface area contributed by atoms with E-state index in [0.29, 0.717) is 10.8 Å². The van der Waals surface area contributed by atoms with Gasteiger partial charge < -0.3 is 4.98 Å². The minimum absolute atomic E-state index is 0.168. The van der Waals surface area contributed by atoms with Crippen molar-refractivity contribution in [1.29, 1.82) is 0 Å². The molecular formula is C15H14ClN3O2S2. The Hall–Kier alpha value is -1.57. The molecule has 5 nitrogen and oxygen atoms in total. The number of thiol groups is 1. The monoisotopic (exact) mass is 367 g/mol. The molecule has 1 aromatic heterocycles. The van der Waals surface area contributed by atoms with E-state index in [4.69, 9.17) is 11.6 Å². The standard InChI is InChI=1S/C15H14ClN3O2S2/c16-11-2-4-12(5-3-11)23(20,21)15(6-1-7-19-15)10-13(22)14-17-8-9-18-14/h1-9,13,22H,10H2,(H,17,18). The molecule has 0 fully saturated rings. The molecule has 8 heteroatoms. The number of H-pyrrole nitrogens is 1. The number of aromatic nitrogens is 2. The van der Waals surface area contributed by atoms with Gasteiger partial charge >= 0.3 is 0 Å². The normalized spacial score (nSPS) is 21.7. The van der Waals surface area contributed by atoms with Crippen LogP contribution in [0.3, 0.4) is 0 Å². The lowest BCUT2D eigenvalue weighted by Crippen LogP contribution is -2.35. The Labute approximate surface area is 144 Å². The van der Waals surface area contributed by atoms with E-state index in [1.165, 1.54) is 18.3 Å². The molecule has 0 spiro atoms. The zero-order chi connectivity index (χ0) is 16.5. The van der Waals surface area contributed by atoms with Crippen molar-refractivity contribution in [2.24, 2.45) is 4.99 Å². The maximum Gasteiger partial charge on any atom is 0.207 e. The minimum Gasteiger partial charge on any atom is -0.348 e. The zero-order valence-corrected chi connectivity index (χ0v) is 14.4. The molecule has 3 rings (SSSR count). The molecule has 0 radical (unpaired) electrons. The van der Waals surface area contributed by atoms with Crippen molar-refractivity contribution >= 4 is 40.3 Å². The van der Waals surface area contributed by atoms with Crippen molar-refractivity contribution in [2.75, 3.05) is 0 Å². The van der Waals surface area contributed by atoms with Crippen molar-refractivity contribution in [3.05, 3.63) is 59.7 Å². The molecule has 2 unspecified atom stereocenters. The Kier molecular flexibility index (Phi) is 4.35. The van der Waals surface area contributed by atoms with Crippen LogP contribution in [0.15, 0.2) is 58.7 Å². The van der Waals surface area contributed by atoms with Gasteiger partial charge in [0.15, 0.2) is 4.87 Å². The van der Waals surface area contributed by atoms with E-state index in [-0.39, 0.29) is 11.3 Å². The van der Waals surface area contributed by atoms with E-state index < -0.39 is 20.0 Å². The molecule has 23 heavy (non-hydrogen) atoms. The second-order valence-electron chi connectivity index (χ2n) is 5.13. The molecule has 1 aliphatic heterocycles. The van der Waals surface area contributed by atoms with Crippen LogP contribution in [-0.4, -0.2) is 29.5 Å². The summed E-state index contributed by atoms with van der Waals surface area (Å²) < 4.78 is 26.2. The van der Waals surface area contributed by atoms with Gasteiger partial charge in [-0.05, 0) is 36.4 Å². The van der Waals surface area contributed by atoms with E-state index in [1.807, 2.05) is 0 Å². The van der Waals surface area contributed by atoms with Crippen molar-refractivity contribution in [3.8, 4) is 0 Å². The number of nitrogens with zero attached hydrogens (tertiary/aromatic N) is 2. The Morgan fingerprint density at radius 2 is 2.04 bits per heavy atom. The summed E-state index contributed by atoms with van der Waals surface area (Å²) in [5, 5.41) is 0.0816. The molecule has 0 saturated carbocycles. The molecule has 0 aliphatic carbocycles. The first-order chi connectivity index (χ1) is 10.9. The summed E-state index contributed by atoms with van der Waals surface area (Å²) in [5.41, 5.74) is 0. The fourth-order valence-corrected chi connectivity index (χ4v) is 4.86. The number of aliphatic imine (C=N–C) groups is 1.